The van der Waals surface area contributed by atoms with Gasteiger partial charge < -0.3 is 24.1 Å². The minimum atomic E-state index is -0.689. The van der Waals surface area contributed by atoms with E-state index in [1.54, 1.807) is 23.1 Å². The summed E-state index contributed by atoms with van der Waals surface area (Å²) in [6.45, 7) is 0.878. The number of rotatable bonds is 9. The van der Waals surface area contributed by atoms with Gasteiger partial charge in [0.15, 0.2) is 24.7 Å². The first kappa shape index (κ1) is 22.6. The average molecular weight is 437 g/mol. The van der Waals surface area contributed by atoms with Crippen molar-refractivity contribution >= 4 is 23.7 Å². The molecule has 0 radical (unpaired) electrons. The number of amides is 1. The van der Waals surface area contributed by atoms with Crippen molar-refractivity contribution < 1.29 is 28.6 Å². The summed E-state index contributed by atoms with van der Waals surface area (Å²) in [6.07, 6.45) is 6.10. The Morgan fingerprint density at radius 1 is 1.19 bits per heavy atom. The molecule has 1 amide bonds. The van der Waals surface area contributed by atoms with Crippen molar-refractivity contribution in [3.05, 3.63) is 53.4 Å². The number of esters is 1. The molecule has 1 aliphatic rings. The fourth-order valence-electron chi connectivity index (χ4n) is 3.22. The quantitative estimate of drug-likeness (QED) is 0.363. The highest BCUT2D eigenvalue weighted by atomic mass is 16.5. The summed E-state index contributed by atoms with van der Waals surface area (Å²) in [6, 6.07) is 8.30. The highest BCUT2D eigenvalue weighted by Gasteiger charge is 2.22. The molecule has 2 heterocycles. The molecule has 0 spiro atoms. The van der Waals surface area contributed by atoms with E-state index in [0.29, 0.717) is 35.8 Å². The predicted molar refractivity (Wildman–Crippen MR) is 114 cm³/mol. The molecule has 1 aromatic heterocycles. The Morgan fingerprint density at radius 3 is 2.69 bits per heavy atom. The fraction of sp³-hybridized carbons (Fsp3) is 0.304. The molecule has 1 N–H and O–H groups in total. The van der Waals surface area contributed by atoms with E-state index in [9.17, 15) is 14.4 Å². The number of nitrogens with one attached hydrogen (secondary N) is 1. The molecule has 9 nitrogen and oxygen atoms in total. The molecule has 1 fully saturated rings. The van der Waals surface area contributed by atoms with Crippen LogP contribution in [-0.2, 0) is 9.53 Å². The smallest absolute Gasteiger partial charge is 0.331 e. The Hall–Kier alpha value is -4.06. The molecule has 3 rings (SSSR count). The lowest BCUT2D eigenvalue weighted by Crippen LogP contribution is -2.27. The molecule has 1 saturated heterocycles. The van der Waals surface area contributed by atoms with Crippen LogP contribution in [0.25, 0.3) is 6.08 Å². The van der Waals surface area contributed by atoms with Crippen LogP contribution in [0.2, 0.25) is 0 Å². The van der Waals surface area contributed by atoms with Crippen LogP contribution in [0.5, 0.6) is 11.5 Å². The number of ketones is 1. The van der Waals surface area contributed by atoms with Crippen molar-refractivity contribution in [1.82, 2.24) is 9.88 Å². The number of likely N-dealkylation sites (tertiary alicyclic amines) is 1. The maximum absolute atomic E-state index is 12.3. The molecule has 0 saturated carbocycles. The normalized spacial score (nSPS) is 13.1. The minimum Gasteiger partial charge on any atom is -0.493 e. The van der Waals surface area contributed by atoms with Crippen LogP contribution in [0, 0.1) is 11.3 Å². The highest BCUT2D eigenvalue weighted by molar-refractivity contribution is 6.01. The molecule has 0 unspecified atom stereocenters. The lowest BCUT2D eigenvalue weighted by Gasteiger charge is -2.13. The molecule has 0 aliphatic carbocycles. The van der Waals surface area contributed by atoms with Gasteiger partial charge in [-0.05, 0) is 42.7 Å². The third kappa shape index (κ3) is 5.76. The molecule has 32 heavy (non-hydrogen) atoms. The molecular weight excluding hydrogens is 414 g/mol. The largest absolute Gasteiger partial charge is 0.493 e. The van der Waals surface area contributed by atoms with E-state index >= 15 is 0 Å². The van der Waals surface area contributed by atoms with Gasteiger partial charge >= 0.3 is 5.97 Å². The van der Waals surface area contributed by atoms with Crippen molar-refractivity contribution in [2.24, 2.45) is 0 Å². The van der Waals surface area contributed by atoms with Crippen molar-refractivity contribution in [2.45, 2.75) is 12.8 Å². The van der Waals surface area contributed by atoms with Crippen LogP contribution in [-0.4, -0.2) is 61.0 Å². The van der Waals surface area contributed by atoms with Gasteiger partial charge in [0.25, 0.3) is 5.91 Å². The number of nitrogens with zero attached hydrogens (tertiary/aromatic N) is 2. The molecule has 1 aromatic carbocycles. The van der Waals surface area contributed by atoms with Crippen LogP contribution in [0.3, 0.4) is 0 Å². The topological polar surface area (TPSA) is 122 Å². The molecule has 0 bridgehead atoms. The molecule has 2 aromatic rings. The highest BCUT2D eigenvalue weighted by Crippen LogP contribution is 2.28. The number of aromatic nitrogens is 1. The number of methoxy groups -OCH3 is 1. The van der Waals surface area contributed by atoms with E-state index in [1.165, 1.54) is 31.5 Å². The fourth-order valence-corrected chi connectivity index (χ4v) is 3.22. The number of hydrogen-bond donors (Lipinski definition) is 1. The van der Waals surface area contributed by atoms with Crippen molar-refractivity contribution in [3.63, 3.8) is 0 Å². The number of H-pyrrole nitrogens is 1. The zero-order valence-electron chi connectivity index (χ0n) is 17.6. The molecule has 166 valence electrons. The van der Waals surface area contributed by atoms with E-state index < -0.39 is 18.4 Å². The van der Waals surface area contributed by atoms with Gasteiger partial charge in [-0.3, -0.25) is 9.59 Å². The van der Waals surface area contributed by atoms with Gasteiger partial charge in [-0.25, -0.2) is 4.79 Å². The van der Waals surface area contributed by atoms with Gasteiger partial charge in [0.2, 0.25) is 5.78 Å². The number of benzene rings is 1. The molecular formula is C23H23N3O6. The summed E-state index contributed by atoms with van der Waals surface area (Å²) in [7, 11) is 1.47. The lowest BCUT2D eigenvalue weighted by molar-refractivity contribution is -0.136. The van der Waals surface area contributed by atoms with E-state index in [4.69, 9.17) is 19.5 Å². The second-order valence-corrected chi connectivity index (χ2v) is 7.02. The SMILES string of the molecule is COc1cc(/C=C/C(=O)OCC(=O)c2c[nH]c(C(=O)N3CCCC3)c2)ccc1OCC#N. The maximum Gasteiger partial charge on any atom is 0.331 e. The molecule has 1 aliphatic heterocycles. The van der Waals surface area contributed by atoms with Crippen LogP contribution in [0.15, 0.2) is 36.5 Å². The van der Waals surface area contributed by atoms with Gasteiger partial charge in [-0.2, -0.15) is 5.26 Å². The van der Waals surface area contributed by atoms with Gasteiger partial charge in [0, 0.05) is 30.9 Å². The van der Waals surface area contributed by atoms with E-state index in [2.05, 4.69) is 4.98 Å². The first-order valence-corrected chi connectivity index (χ1v) is 10.1. The van der Waals surface area contributed by atoms with Crippen LogP contribution in [0.4, 0.5) is 0 Å². The zero-order chi connectivity index (χ0) is 22.9. The number of nitriles is 1. The number of carbonyl (C=O) groups is 3. The average Bonchev–Trinajstić information content (AvgIpc) is 3.52. The second-order valence-electron chi connectivity index (χ2n) is 7.02. The van der Waals surface area contributed by atoms with Crippen LogP contribution >= 0.6 is 0 Å². The Kier molecular flexibility index (Phi) is 7.65. The number of Topliss-reactive ketones (excluding diaryl/α,β-unsaturated/α-hetero) is 1. The first-order valence-electron chi connectivity index (χ1n) is 10.1. The van der Waals surface area contributed by atoms with Gasteiger partial charge in [-0.15, -0.1) is 0 Å². The Balaban J connectivity index is 1.52. The van der Waals surface area contributed by atoms with Crippen molar-refractivity contribution in [2.75, 3.05) is 33.4 Å². The van der Waals surface area contributed by atoms with E-state index in [0.717, 1.165) is 12.8 Å². The number of carbonyl (C=O) groups excluding carboxylic acids is 3. The van der Waals surface area contributed by atoms with Crippen LogP contribution < -0.4 is 9.47 Å². The Bertz CT molecular complexity index is 1060. The summed E-state index contributed by atoms with van der Waals surface area (Å²) >= 11 is 0. The van der Waals surface area contributed by atoms with Crippen molar-refractivity contribution in [3.8, 4) is 17.6 Å². The van der Waals surface area contributed by atoms with E-state index in [-0.39, 0.29) is 18.1 Å². The molecule has 9 heteroatoms. The summed E-state index contributed by atoms with van der Waals surface area (Å²) in [4.78, 5) is 41.2. The zero-order valence-corrected chi connectivity index (χ0v) is 17.6. The Morgan fingerprint density at radius 2 is 1.97 bits per heavy atom. The number of ether oxygens (including phenoxy) is 3. The first-order chi connectivity index (χ1) is 15.5. The van der Waals surface area contributed by atoms with Crippen LogP contribution in [0.1, 0.15) is 39.3 Å². The summed E-state index contributed by atoms with van der Waals surface area (Å²) in [5.41, 5.74) is 1.27. The standard InChI is InChI=1S/C23H23N3O6/c1-30-21-12-16(4-6-20(21)31-11-8-24)5-7-22(28)32-15-19(27)17-13-18(25-14-17)23(29)26-9-2-3-10-26/h4-7,12-14,25H,2-3,9-11,15H2,1H3/b7-5+. The summed E-state index contributed by atoms with van der Waals surface area (Å²) < 4.78 is 15.5. The van der Waals surface area contributed by atoms with Crippen molar-refractivity contribution in [1.29, 1.82) is 5.26 Å². The summed E-state index contributed by atoms with van der Waals surface area (Å²) in [5, 5.41) is 8.60. The summed E-state index contributed by atoms with van der Waals surface area (Å²) in [5.74, 6) is -0.415. The number of aromatic amines is 1. The third-order valence-corrected chi connectivity index (χ3v) is 4.87. The number of hydrogen-bond acceptors (Lipinski definition) is 7. The minimum absolute atomic E-state index is 0.110. The van der Waals surface area contributed by atoms with Gasteiger partial charge in [-0.1, -0.05) is 6.07 Å². The molecule has 0 atom stereocenters. The predicted octanol–water partition coefficient (Wildman–Crippen LogP) is 2.60. The second kappa shape index (κ2) is 10.8. The Labute approximate surface area is 185 Å². The van der Waals surface area contributed by atoms with Gasteiger partial charge in [0.05, 0.1) is 7.11 Å². The van der Waals surface area contributed by atoms with E-state index in [1.807, 2.05) is 6.07 Å². The maximum atomic E-state index is 12.3. The van der Waals surface area contributed by atoms with Gasteiger partial charge in [0.1, 0.15) is 11.8 Å². The lowest BCUT2D eigenvalue weighted by atomic mass is 10.2. The third-order valence-electron chi connectivity index (χ3n) is 4.87. The monoisotopic (exact) mass is 437 g/mol.